The Balaban J connectivity index is 1.65. The van der Waals surface area contributed by atoms with Crippen LogP contribution in [0.4, 0.5) is 10.2 Å². The first-order chi connectivity index (χ1) is 18.2. The predicted molar refractivity (Wildman–Crippen MR) is 139 cm³/mol. The van der Waals surface area contributed by atoms with Crippen LogP contribution in [0.1, 0.15) is 5.56 Å². The summed E-state index contributed by atoms with van der Waals surface area (Å²) in [4.78, 5) is 12.9. The highest BCUT2D eigenvalue weighted by atomic mass is 35.5. The molecule has 38 heavy (non-hydrogen) atoms. The number of benzene rings is 3. The minimum absolute atomic E-state index is 0.0111. The van der Waals surface area contributed by atoms with Crippen LogP contribution in [0.5, 0.6) is 5.75 Å². The van der Waals surface area contributed by atoms with Gasteiger partial charge in [0.1, 0.15) is 17.8 Å². The predicted octanol–water partition coefficient (Wildman–Crippen LogP) is 5.12. The van der Waals surface area contributed by atoms with Crippen LogP contribution in [0.15, 0.2) is 87.2 Å². The van der Waals surface area contributed by atoms with Gasteiger partial charge in [-0.25, -0.2) is 12.8 Å². The number of sulfonamides is 1. The number of nitrogens with one attached hydrogen (secondary N) is 1. The van der Waals surface area contributed by atoms with Crippen molar-refractivity contribution in [1.82, 2.24) is 9.72 Å². The van der Waals surface area contributed by atoms with E-state index in [0.717, 1.165) is 6.07 Å². The van der Waals surface area contributed by atoms with Crippen molar-refractivity contribution in [3.8, 4) is 28.6 Å². The van der Waals surface area contributed by atoms with E-state index in [1.165, 1.54) is 78.6 Å². The fourth-order valence-electron chi connectivity index (χ4n) is 4.01. The van der Waals surface area contributed by atoms with Gasteiger partial charge in [-0.15, -0.1) is 0 Å². The van der Waals surface area contributed by atoms with Crippen molar-refractivity contribution in [3.05, 3.63) is 99.8 Å². The number of nitrogens with zero attached hydrogens (tertiary/aromatic N) is 3. The monoisotopic (exact) mass is 550 g/mol. The Morgan fingerprint density at radius 1 is 1.11 bits per heavy atom. The molecule has 3 aromatic carbocycles. The number of aromatic nitrogens is 2. The third kappa shape index (κ3) is 4.58. The number of hydrogen-bond donors (Lipinski definition) is 1. The molecule has 0 atom stereocenters. The van der Waals surface area contributed by atoms with E-state index >= 15 is 4.39 Å². The number of anilines is 1. The third-order valence-electron chi connectivity index (χ3n) is 5.70. The first kappa shape index (κ1) is 25.0. The fraction of sp³-hybridized carbons (Fsp3) is 0.0385. The summed E-state index contributed by atoms with van der Waals surface area (Å²) in [6.07, 6.45) is 1.23. The number of methoxy groups -OCH3 is 1. The average Bonchev–Trinajstić information content (AvgIpc) is 3.40. The van der Waals surface area contributed by atoms with Crippen LogP contribution in [-0.4, -0.2) is 25.3 Å². The molecule has 0 saturated heterocycles. The number of nitriles is 1. The second-order valence-electron chi connectivity index (χ2n) is 8.06. The second kappa shape index (κ2) is 9.66. The lowest BCUT2D eigenvalue weighted by Crippen LogP contribution is -2.19. The second-order valence-corrected chi connectivity index (χ2v) is 10.2. The summed E-state index contributed by atoms with van der Waals surface area (Å²) < 4.78 is 54.7. The third-order valence-corrected chi connectivity index (χ3v) is 7.27. The van der Waals surface area contributed by atoms with Gasteiger partial charge < -0.3 is 9.26 Å². The van der Waals surface area contributed by atoms with E-state index in [0.29, 0.717) is 16.5 Å². The van der Waals surface area contributed by atoms with E-state index < -0.39 is 21.4 Å². The summed E-state index contributed by atoms with van der Waals surface area (Å²) in [5.41, 5.74) is 0.653. The van der Waals surface area contributed by atoms with Crippen molar-refractivity contribution in [2.75, 3.05) is 11.8 Å². The molecular weight excluding hydrogens is 535 g/mol. The van der Waals surface area contributed by atoms with E-state index in [1.54, 1.807) is 0 Å². The Labute approximate surface area is 220 Å². The van der Waals surface area contributed by atoms with Crippen molar-refractivity contribution in [3.63, 3.8) is 0 Å². The largest absolute Gasteiger partial charge is 0.495 e. The standard InChI is InChI=1S/C26H16ClFN4O5S/c1-36-24-12-20(17-8-15(14-29)9-18(27)10-17)21(28)13-23(24)32-22-4-3-19(11-16(22)2-5-26(32)33)38(34,35)31-25-6-7-37-30-25/h2-13H,1H3,(H,30,31). The van der Waals surface area contributed by atoms with Crippen molar-refractivity contribution in [1.29, 1.82) is 5.26 Å². The maximum atomic E-state index is 15.4. The molecule has 0 aliphatic heterocycles. The van der Waals surface area contributed by atoms with Crippen LogP contribution >= 0.6 is 11.6 Å². The highest BCUT2D eigenvalue weighted by Gasteiger charge is 2.20. The number of rotatable bonds is 6. The van der Waals surface area contributed by atoms with Gasteiger partial charge in [0.2, 0.25) is 0 Å². The molecule has 0 amide bonds. The van der Waals surface area contributed by atoms with Crippen LogP contribution in [-0.2, 0) is 10.0 Å². The number of halogens is 2. The van der Waals surface area contributed by atoms with Crippen LogP contribution in [0.25, 0.3) is 27.7 Å². The van der Waals surface area contributed by atoms with Crippen molar-refractivity contribution < 1.29 is 22.1 Å². The Morgan fingerprint density at radius 3 is 2.63 bits per heavy atom. The van der Waals surface area contributed by atoms with Crippen LogP contribution in [0, 0.1) is 17.1 Å². The van der Waals surface area contributed by atoms with Gasteiger partial charge >= 0.3 is 0 Å². The fourth-order valence-corrected chi connectivity index (χ4v) is 5.28. The molecule has 0 fully saturated rings. The zero-order valence-electron chi connectivity index (χ0n) is 19.5. The highest BCUT2D eigenvalue weighted by Crippen LogP contribution is 2.35. The average molecular weight is 551 g/mol. The first-order valence-electron chi connectivity index (χ1n) is 10.9. The molecule has 5 aromatic rings. The molecule has 9 nitrogen and oxygen atoms in total. The van der Waals surface area contributed by atoms with Gasteiger partial charge in [0.25, 0.3) is 15.6 Å². The molecule has 0 aliphatic carbocycles. The van der Waals surface area contributed by atoms with E-state index in [-0.39, 0.29) is 38.3 Å². The number of fused-ring (bicyclic) bond motifs is 1. The number of hydrogen-bond acceptors (Lipinski definition) is 7. The van der Waals surface area contributed by atoms with Gasteiger partial charge in [-0.2, -0.15) is 5.26 Å². The Bertz CT molecular complexity index is 1920. The lowest BCUT2D eigenvalue weighted by atomic mass is 10.0. The van der Waals surface area contributed by atoms with Gasteiger partial charge in [-0.3, -0.25) is 14.1 Å². The smallest absolute Gasteiger partial charge is 0.263 e. The van der Waals surface area contributed by atoms with Gasteiger partial charge in [0.05, 0.1) is 34.8 Å². The minimum atomic E-state index is -4.01. The molecule has 0 spiro atoms. The Hall–Kier alpha value is -4.66. The summed E-state index contributed by atoms with van der Waals surface area (Å²) in [5.74, 6) is -0.511. The van der Waals surface area contributed by atoms with Crippen molar-refractivity contribution in [2.45, 2.75) is 4.90 Å². The highest BCUT2D eigenvalue weighted by molar-refractivity contribution is 7.92. The van der Waals surface area contributed by atoms with Crippen molar-refractivity contribution >= 4 is 38.3 Å². The van der Waals surface area contributed by atoms with Crippen LogP contribution < -0.4 is 15.0 Å². The minimum Gasteiger partial charge on any atom is -0.495 e. The summed E-state index contributed by atoms with van der Waals surface area (Å²) in [6.45, 7) is 0. The molecule has 5 rings (SSSR count). The zero-order valence-corrected chi connectivity index (χ0v) is 21.0. The van der Waals surface area contributed by atoms with Crippen LogP contribution in [0.3, 0.4) is 0 Å². The molecular formula is C26H16ClFN4O5S. The SMILES string of the molecule is COc1cc(-c2cc(Cl)cc(C#N)c2)c(F)cc1-n1c(=O)ccc2cc(S(=O)(=O)Nc3ccon3)ccc21. The van der Waals surface area contributed by atoms with E-state index in [4.69, 9.17) is 16.3 Å². The Morgan fingerprint density at radius 2 is 1.92 bits per heavy atom. The molecule has 2 aromatic heterocycles. The van der Waals surface area contributed by atoms with Gasteiger partial charge in [-0.1, -0.05) is 16.8 Å². The van der Waals surface area contributed by atoms with Crippen LogP contribution in [0.2, 0.25) is 5.02 Å². The summed E-state index contributed by atoms with van der Waals surface area (Å²) in [7, 11) is -2.64. The molecule has 0 unspecified atom stereocenters. The summed E-state index contributed by atoms with van der Waals surface area (Å²) >= 11 is 6.10. The molecule has 0 saturated carbocycles. The molecule has 2 heterocycles. The molecule has 190 valence electrons. The molecule has 0 aliphatic rings. The Kier molecular flexibility index (Phi) is 6.36. The van der Waals surface area contributed by atoms with Gasteiger partial charge in [0.15, 0.2) is 5.82 Å². The molecule has 1 N–H and O–H groups in total. The number of ether oxygens (including phenoxy) is 1. The van der Waals surface area contributed by atoms with E-state index in [1.807, 2.05) is 6.07 Å². The summed E-state index contributed by atoms with van der Waals surface area (Å²) in [6, 6.07) is 17.2. The van der Waals surface area contributed by atoms with Gasteiger partial charge in [0, 0.05) is 34.2 Å². The van der Waals surface area contributed by atoms with Crippen molar-refractivity contribution in [2.24, 2.45) is 0 Å². The topological polar surface area (TPSA) is 127 Å². The number of pyridine rings is 1. The maximum Gasteiger partial charge on any atom is 0.263 e. The maximum absolute atomic E-state index is 15.4. The van der Waals surface area contributed by atoms with E-state index in [2.05, 4.69) is 14.4 Å². The lowest BCUT2D eigenvalue weighted by molar-refractivity contribution is 0.412. The molecule has 12 heteroatoms. The molecule has 0 radical (unpaired) electrons. The first-order valence-corrected chi connectivity index (χ1v) is 12.7. The molecule has 0 bridgehead atoms. The van der Waals surface area contributed by atoms with Gasteiger partial charge in [-0.05, 0) is 54.1 Å². The normalized spacial score (nSPS) is 11.3. The lowest BCUT2D eigenvalue weighted by Gasteiger charge is -2.17. The van der Waals surface area contributed by atoms with E-state index in [9.17, 15) is 18.5 Å². The summed E-state index contributed by atoms with van der Waals surface area (Å²) in [5, 5.41) is 13.4. The zero-order chi connectivity index (χ0) is 27.0. The quantitative estimate of drug-likeness (QED) is 0.311.